The number of anilines is 1. The van der Waals surface area contributed by atoms with Gasteiger partial charge < -0.3 is 28.9 Å². The molecule has 1 saturated heterocycles. The Kier molecular flexibility index (Phi) is 4.52. The predicted octanol–water partition coefficient (Wildman–Crippen LogP) is -0.443. The van der Waals surface area contributed by atoms with Crippen molar-refractivity contribution in [1.82, 2.24) is 0 Å². The Balaban J connectivity index is 1.58. The van der Waals surface area contributed by atoms with Gasteiger partial charge in [-0.25, -0.2) is 0 Å². The van der Waals surface area contributed by atoms with E-state index in [2.05, 4.69) is 11.0 Å². The molecular weight excluding hydrogens is 296 g/mol. The lowest BCUT2D eigenvalue weighted by molar-refractivity contribution is -0.915. The van der Waals surface area contributed by atoms with E-state index >= 15 is 0 Å². The summed E-state index contributed by atoms with van der Waals surface area (Å²) in [4.78, 5) is 14.4. The second kappa shape index (κ2) is 6.75. The number of hydrogen-bond donors (Lipinski definition) is 1. The molecule has 1 aromatic carbocycles. The summed E-state index contributed by atoms with van der Waals surface area (Å²) >= 11 is 0. The van der Waals surface area contributed by atoms with Gasteiger partial charge >= 0.3 is 0 Å². The molecule has 6 nitrogen and oxygen atoms in total. The number of ether oxygens (including phenoxy) is 1. The second-order valence-electron chi connectivity index (χ2n) is 5.64. The smallest absolute Gasteiger partial charge is 0.159 e. The minimum Gasteiger partial charge on any atom is -0.542 e. The first-order chi connectivity index (χ1) is 11.2. The van der Waals surface area contributed by atoms with Crippen LogP contribution in [0.4, 0.5) is 5.69 Å². The molecule has 1 aliphatic rings. The van der Waals surface area contributed by atoms with E-state index in [0.717, 1.165) is 37.6 Å². The van der Waals surface area contributed by atoms with E-state index in [1.54, 1.807) is 13.2 Å². The van der Waals surface area contributed by atoms with Gasteiger partial charge in [-0.15, -0.1) is 0 Å². The van der Waals surface area contributed by atoms with Crippen LogP contribution >= 0.6 is 0 Å². The Morgan fingerprint density at radius 3 is 2.65 bits per heavy atom. The zero-order chi connectivity index (χ0) is 16.2. The van der Waals surface area contributed by atoms with Crippen molar-refractivity contribution in [3.63, 3.8) is 0 Å². The van der Waals surface area contributed by atoms with E-state index in [4.69, 9.17) is 9.15 Å². The van der Waals surface area contributed by atoms with Crippen molar-refractivity contribution >= 4 is 11.7 Å². The van der Waals surface area contributed by atoms with E-state index in [0.29, 0.717) is 12.3 Å². The van der Waals surface area contributed by atoms with Crippen LogP contribution in [0.1, 0.15) is 16.3 Å². The highest BCUT2D eigenvalue weighted by atomic mass is 16.5. The van der Waals surface area contributed by atoms with Crippen molar-refractivity contribution in [3.05, 3.63) is 47.9 Å². The minimum absolute atomic E-state index is 0.105. The van der Waals surface area contributed by atoms with E-state index in [1.165, 1.54) is 11.0 Å². The highest BCUT2D eigenvalue weighted by molar-refractivity contribution is 5.82. The van der Waals surface area contributed by atoms with Crippen LogP contribution in [0.15, 0.2) is 40.8 Å². The summed E-state index contributed by atoms with van der Waals surface area (Å²) in [5.74, 6) is 0.199. The van der Waals surface area contributed by atoms with Crippen molar-refractivity contribution < 1.29 is 24.0 Å². The van der Waals surface area contributed by atoms with Crippen molar-refractivity contribution in [2.75, 3.05) is 38.2 Å². The molecule has 6 heteroatoms. The van der Waals surface area contributed by atoms with Gasteiger partial charge in [0.25, 0.3) is 0 Å². The van der Waals surface area contributed by atoms with Crippen LogP contribution in [0.2, 0.25) is 0 Å². The minimum atomic E-state index is -1.27. The molecular formula is C17H20N2O4. The maximum atomic E-state index is 10.7. The summed E-state index contributed by atoms with van der Waals surface area (Å²) in [6.07, 6.45) is 0. The van der Waals surface area contributed by atoms with Crippen molar-refractivity contribution in [1.29, 1.82) is 0 Å². The number of hydrogen-bond acceptors (Lipinski definition) is 5. The van der Waals surface area contributed by atoms with Crippen molar-refractivity contribution in [2.24, 2.45) is 0 Å². The lowest BCUT2D eigenvalue weighted by atomic mass is 10.2. The summed E-state index contributed by atoms with van der Waals surface area (Å²) in [5.41, 5.74) is 1.12. The molecule has 0 radical (unpaired) electrons. The number of rotatable bonds is 5. The third-order valence-corrected chi connectivity index (χ3v) is 4.18. The average Bonchev–Trinajstić information content (AvgIpc) is 3.04. The van der Waals surface area contributed by atoms with Gasteiger partial charge in [-0.05, 0) is 24.3 Å². The number of carbonyl (C=O) groups is 1. The number of para-hydroxylation sites is 2. The molecule has 1 N–H and O–H groups in total. The lowest BCUT2D eigenvalue weighted by Crippen LogP contribution is -3.13. The molecule has 0 bridgehead atoms. The fourth-order valence-electron chi connectivity index (χ4n) is 2.96. The molecule has 0 saturated carbocycles. The SMILES string of the molecule is COc1ccccc1N1CC[NH+](Cc2ccc(C(=O)[O-])o2)CC1. The molecule has 23 heavy (non-hydrogen) atoms. The number of carbonyl (C=O) groups excluding carboxylic acids is 1. The van der Waals surface area contributed by atoms with E-state index in [9.17, 15) is 9.90 Å². The molecule has 3 rings (SSSR count). The third kappa shape index (κ3) is 3.48. The maximum Gasteiger partial charge on any atom is 0.159 e. The number of piperazine rings is 1. The second-order valence-corrected chi connectivity index (χ2v) is 5.64. The summed E-state index contributed by atoms with van der Waals surface area (Å²) in [6.45, 7) is 4.44. The zero-order valence-electron chi connectivity index (χ0n) is 13.1. The number of aromatic carboxylic acids is 1. The Bertz CT molecular complexity index is 675. The highest BCUT2D eigenvalue weighted by Gasteiger charge is 2.23. The van der Waals surface area contributed by atoms with E-state index < -0.39 is 5.97 Å². The van der Waals surface area contributed by atoms with Gasteiger partial charge in [-0.3, -0.25) is 0 Å². The standard InChI is InChI=1S/C17H20N2O4/c1-22-15-5-3-2-4-14(15)19-10-8-18(9-11-19)12-13-6-7-16(23-13)17(20)21/h2-7H,8-12H2,1H3,(H,20,21). The summed E-state index contributed by atoms with van der Waals surface area (Å²) in [7, 11) is 1.69. The van der Waals surface area contributed by atoms with Gasteiger partial charge in [0.05, 0.1) is 39.0 Å². The Hall–Kier alpha value is -2.47. The van der Waals surface area contributed by atoms with Gasteiger partial charge in [0, 0.05) is 0 Å². The number of carboxylic acid groups (broad SMARTS) is 1. The van der Waals surface area contributed by atoms with Crippen LogP contribution in [0.25, 0.3) is 0 Å². The van der Waals surface area contributed by atoms with Gasteiger partial charge in [0.2, 0.25) is 0 Å². The van der Waals surface area contributed by atoms with Gasteiger partial charge in [0.15, 0.2) is 5.76 Å². The van der Waals surface area contributed by atoms with Gasteiger partial charge in [0.1, 0.15) is 24.0 Å². The monoisotopic (exact) mass is 316 g/mol. The van der Waals surface area contributed by atoms with Crippen molar-refractivity contribution in [2.45, 2.75) is 6.54 Å². The lowest BCUT2D eigenvalue weighted by Gasteiger charge is -2.33. The molecule has 0 atom stereocenters. The first kappa shape index (κ1) is 15.4. The number of nitrogens with one attached hydrogen (secondary N) is 1. The fraction of sp³-hybridized carbons (Fsp3) is 0.353. The highest BCUT2D eigenvalue weighted by Crippen LogP contribution is 2.27. The normalized spacial score (nSPS) is 15.6. The van der Waals surface area contributed by atoms with E-state index in [-0.39, 0.29) is 5.76 Å². The largest absolute Gasteiger partial charge is 0.542 e. The molecule has 1 aromatic heterocycles. The fourth-order valence-corrected chi connectivity index (χ4v) is 2.96. The number of nitrogens with zero attached hydrogens (tertiary/aromatic N) is 1. The van der Waals surface area contributed by atoms with Crippen LogP contribution < -0.4 is 19.6 Å². The Morgan fingerprint density at radius 1 is 1.26 bits per heavy atom. The van der Waals surface area contributed by atoms with Gasteiger partial charge in [-0.2, -0.15) is 0 Å². The molecule has 2 heterocycles. The predicted molar refractivity (Wildman–Crippen MR) is 82.6 cm³/mol. The molecule has 0 aliphatic carbocycles. The average molecular weight is 316 g/mol. The molecule has 0 unspecified atom stereocenters. The summed E-state index contributed by atoms with van der Waals surface area (Å²) < 4.78 is 10.7. The number of carboxylic acids is 1. The molecule has 0 spiro atoms. The maximum absolute atomic E-state index is 10.7. The number of furan rings is 1. The van der Waals surface area contributed by atoms with Crippen LogP contribution in [-0.4, -0.2) is 39.3 Å². The number of benzene rings is 1. The van der Waals surface area contributed by atoms with Gasteiger partial charge in [-0.1, -0.05) is 12.1 Å². The quantitative estimate of drug-likeness (QED) is 0.810. The van der Waals surface area contributed by atoms with Crippen molar-refractivity contribution in [3.8, 4) is 5.75 Å². The first-order valence-corrected chi connectivity index (χ1v) is 7.69. The molecule has 0 amide bonds. The van der Waals surface area contributed by atoms with Crippen LogP contribution in [0, 0.1) is 0 Å². The Morgan fingerprint density at radius 2 is 2.00 bits per heavy atom. The molecule has 122 valence electrons. The van der Waals surface area contributed by atoms with E-state index in [1.807, 2.05) is 18.2 Å². The number of methoxy groups -OCH3 is 1. The topological polar surface area (TPSA) is 70.2 Å². The molecule has 1 aliphatic heterocycles. The Labute approximate surface area is 134 Å². The van der Waals surface area contributed by atoms with Crippen LogP contribution in [0.3, 0.4) is 0 Å². The van der Waals surface area contributed by atoms with Crippen LogP contribution in [-0.2, 0) is 6.54 Å². The number of quaternary nitrogens is 1. The summed E-state index contributed by atoms with van der Waals surface area (Å²) in [6, 6.07) is 11.2. The first-order valence-electron chi connectivity index (χ1n) is 7.69. The zero-order valence-corrected chi connectivity index (χ0v) is 13.1. The third-order valence-electron chi connectivity index (χ3n) is 4.18. The molecule has 2 aromatic rings. The van der Waals surface area contributed by atoms with Crippen LogP contribution in [0.5, 0.6) is 5.75 Å². The summed E-state index contributed by atoms with van der Waals surface area (Å²) in [5, 5.41) is 10.7. The molecule has 1 fully saturated rings.